The lowest BCUT2D eigenvalue weighted by Crippen LogP contribution is -2.53. The lowest BCUT2D eigenvalue weighted by molar-refractivity contribution is -0.142. The van der Waals surface area contributed by atoms with Gasteiger partial charge in [-0.05, 0) is 19.9 Å². The van der Waals surface area contributed by atoms with Crippen LogP contribution in [0.1, 0.15) is 13.3 Å². The molecule has 17 heavy (non-hydrogen) atoms. The fourth-order valence-electron chi connectivity index (χ4n) is 2.70. The maximum absolute atomic E-state index is 12.4. The van der Waals surface area contributed by atoms with Gasteiger partial charge in [-0.3, -0.25) is 9.69 Å². The molecule has 0 saturated carbocycles. The van der Waals surface area contributed by atoms with Gasteiger partial charge in [-0.1, -0.05) is 6.08 Å². The number of rotatable bonds is 3. The SMILES string of the molecule is C=CCN1CCN(C(=O)C2(C)CCNC2)CC1. The molecule has 2 saturated heterocycles. The van der Waals surface area contributed by atoms with Gasteiger partial charge in [-0.25, -0.2) is 0 Å². The summed E-state index contributed by atoms with van der Waals surface area (Å²) in [6.07, 6.45) is 2.90. The normalized spacial score (nSPS) is 30.5. The zero-order valence-electron chi connectivity index (χ0n) is 10.7. The van der Waals surface area contributed by atoms with Crippen molar-refractivity contribution in [3.63, 3.8) is 0 Å². The van der Waals surface area contributed by atoms with Crippen LogP contribution in [0.5, 0.6) is 0 Å². The van der Waals surface area contributed by atoms with E-state index >= 15 is 0 Å². The van der Waals surface area contributed by atoms with Gasteiger partial charge < -0.3 is 10.2 Å². The molecule has 2 aliphatic heterocycles. The molecule has 0 aromatic rings. The Morgan fingerprint density at radius 2 is 2.12 bits per heavy atom. The Morgan fingerprint density at radius 3 is 2.65 bits per heavy atom. The molecule has 1 N–H and O–H groups in total. The average molecular weight is 237 g/mol. The van der Waals surface area contributed by atoms with Crippen LogP contribution >= 0.6 is 0 Å². The lowest BCUT2D eigenvalue weighted by atomic mass is 9.88. The van der Waals surface area contributed by atoms with Crippen molar-refractivity contribution in [3.05, 3.63) is 12.7 Å². The summed E-state index contributed by atoms with van der Waals surface area (Å²) in [7, 11) is 0. The molecule has 0 aromatic carbocycles. The first kappa shape index (κ1) is 12.6. The van der Waals surface area contributed by atoms with Crippen molar-refractivity contribution in [1.29, 1.82) is 0 Å². The lowest BCUT2D eigenvalue weighted by Gasteiger charge is -2.38. The maximum atomic E-state index is 12.4. The van der Waals surface area contributed by atoms with Crippen LogP contribution in [0.15, 0.2) is 12.7 Å². The molecule has 4 heteroatoms. The zero-order valence-corrected chi connectivity index (χ0v) is 10.7. The van der Waals surface area contributed by atoms with Crippen molar-refractivity contribution >= 4 is 5.91 Å². The number of hydrogen-bond donors (Lipinski definition) is 1. The van der Waals surface area contributed by atoms with Crippen molar-refractivity contribution in [1.82, 2.24) is 15.1 Å². The molecule has 2 heterocycles. The van der Waals surface area contributed by atoms with Crippen LogP contribution in [0.25, 0.3) is 0 Å². The van der Waals surface area contributed by atoms with E-state index in [2.05, 4.69) is 23.7 Å². The number of amides is 1. The summed E-state index contributed by atoms with van der Waals surface area (Å²) in [4.78, 5) is 16.8. The molecular weight excluding hydrogens is 214 g/mol. The summed E-state index contributed by atoms with van der Waals surface area (Å²) in [6, 6.07) is 0. The monoisotopic (exact) mass is 237 g/mol. The second-order valence-electron chi connectivity index (χ2n) is 5.37. The average Bonchev–Trinajstić information content (AvgIpc) is 2.78. The van der Waals surface area contributed by atoms with E-state index < -0.39 is 0 Å². The highest BCUT2D eigenvalue weighted by atomic mass is 16.2. The van der Waals surface area contributed by atoms with Crippen LogP contribution in [-0.4, -0.2) is 61.5 Å². The molecule has 0 spiro atoms. The van der Waals surface area contributed by atoms with E-state index in [0.717, 1.165) is 52.2 Å². The third-order valence-corrected chi connectivity index (χ3v) is 3.93. The van der Waals surface area contributed by atoms with Crippen molar-refractivity contribution in [2.75, 3.05) is 45.8 Å². The first-order valence-electron chi connectivity index (χ1n) is 6.49. The minimum Gasteiger partial charge on any atom is -0.340 e. The van der Waals surface area contributed by atoms with E-state index in [0.29, 0.717) is 5.91 Å². The minimum atomic E-state index is -0.166. The molecule has 0 aliphatic carbocycles. The fourth-order valence-corrected chi connectivity index (χ4v) is 2.70. The Balaban J connectivity index is 1.88. The third-order valence-electron chi connectivity index (χ3n) is 3.93. The van der Waals surface area contributed by atoms with Crippen LogP contribution in [0, 0.1) is 5.41 Å². The molecule has 2 aliphatic rings. The topological polar surface area (TPSA) is 35.6 Å². The van der Waals surface area contributed by atoms with Gasteiger partial charge in [0.1, 0.15) is 0 Å². The summed E-state index contributed by atoms with van der Waals surface area (Å²) in [6.45, 7) is 12.2. The molecular formula is C13H23N3O. The number of piperazine rings is 1. The van der Waals surface area contributed by atoms with Gasteiger partial charge in [-0.2, -0.15) is 0 Å². The van der Waals surface area contributed by atoms with E-state index in [9.17, 15) is 4.79 Å². The Labute approximate surface area is 104 Å². The van der Waals surface area contributed by atoms with E-state index in [-0.39, 0.29) is 5.41 Å². The summed E-state index contributed by atoms with van der Waals surface area (Å²) in [5, 5.41) is 3.29. The number of carbonyl (C=O) groups is 1. The fraction of sp³-hybridized carbons (Fsp3) is 0.769. The third kappa shape index (κ3) is 2.69. The molecule has 1 atom stereocenters. The van der Waals surface area contributed by atoms with Gasteiger partial charge in [0, 0.05) is 39.3 Å². The molecule has 0 radical (unpaired) electrons. The van der Waals surface area contributed by atoms with Gasteiger partial charge in [0.05, 0.1) is 5.41 Å². The van der Waals surface area contributed by atoms with Gasteiger partial charge in [0.2, 0.25) is 5.91 Å². The van der Waals surface area contributed by atoms with Gasteiger partial charge in [-0.15, -0.1) is 6.58 Å². The van der Waals surface area contributed by atoms with Crippen LogP contribution in [0.3, 0.4) is 0 Å². The standard InChI is InChI=1S/C13H23N3O/c1-3-6-15-7-9-16(10-8-15)12(17)13(2)4-5-14-11-13/h3,14H,1,4-11H2,2H3. The predicted octanol–water partition coefficient (Wildman–Crippen LogP) is 0.316. The van der Waals surface area contributed by atoms with Crippen molar-refractivity contribution < 1.29 is 4.79 Å². The Morgan fingerprint density at radius 1 is 1.41 bits per heavy atom. The van der Waals surface area contributed by atoms with Gasteiger partial charge in [0.15, 0.2) is 0 Å². The Hall–Kier alpha value is -0.870. The smallest absolute Gasteiger partial charge is 0.229 e. The molecule has 1 unspecified atom stereocenters. The highest BCUT2D eigenvalue weighted by Crippen LogP contribution is 2.27. The van der Waals surface area contributed by atoms with Crippen LogP contribution in [0.2, 0.25) is 0 Å². The largest absolute Gasteiger partial charge is 0.340 e. The molecule has 4 nitrogen and oxygen atoms in total. The first-order chi connectivity index (χ1) is 8.15. The van der Waals surface area contributed by atoms with Crippen LogP contribution < -0.4 is 5.32 Å². The summed E-state index contributed by atoms with van der Waals surface area (Å²) >= 11 is 0. The molecule has 96 valence electrons. The number of nitrogens with one attached hydrogen (secondary N) is 1. The zero-order chi connectivity index (χ0) is 12.3. The van der Waals surface area contributed by atoms with E-state index in [1.807, 2.05) is 11.0 Å². The minimum absolute atomic E-state index is 0.166. The van der Waals surface area contributed by atoms with Crippen LogP contribution in [-0.2, 0) is 4.79 Å². The number of nitrogens with zero attached hydrogens (tertiary/aromatic N) is 2. The Bertz CT molecular complexity index is 289. The van der Waals surface area contributed by atoms with E-state index in [4.69, 9.17) is 0 Å². The number of carbonyl (C=O) groups excluding carboxylic acids is 1. The highest BCUT2D eigenvalue weighted by Gasteiger charge is 2.39. The highest BCUT2D eigenvalue weighted by molar-refractivity contribution is 5.83. The van der Waals surface area contributed by atoms with Crippen molar-refractivity contribution in [3.8, 4) is 0 Å². The molecule has 2 rings (SSSR count). The predicted molar refractivity (Wildman–Crippen MR) is 68.8 cm³/mol. The van der Waals surface area contributed by atoms with Gasteiger partial charge >= 0.3 is 0 Å². The number of hydrogen-bond acceptors (Lipinski definition) is 3. The second-order valence-corrected chi connectivity index (χ2v) is 5.37. The second kappa shape index (κ2) is 5.19. The van der Waals surface area contributed by atoms with Gasteiger partial charge in [0.25, 0.3) is 0 Å². The van der Waals surface area contributed by atoms with Crippen LogP contribution in [0.4, 0.5) is 0 Å². The summed E-state index contributed by atoms with van der Waals surface area (Å²) in [5.41, 5.74) is -0.166. The summed E-state index contributed by atoms with van der Waals surface area (Å²) < 4.78 is 0. The molecule has 0 aromatic heterocycles. The van der Waals surface area contributed by atoms with E-state index in [1.165, 1.54) is 0 Å². The summed E-state index contributed by atoms with van der Waals surface area (Å²) in [5.74, 6) is 0.334. The molecule has 0 bridgehead atoms. The van der Waals surface area contributed by atoms with Crippen molar-refractivity contribution in [2.45, 2.75) is 13.3 Å². The Kier molecular flexibility index (Phi) is 3.84. The first-order valence-corrected chi connectivity index (χ1v) is 6.49. The van der Waals surface area contributed by atoms with E-state index in [1.54, 1.807) is 0 Å². The molecule has 1 amide bonds. The molecule has 2 fully saturated rings. The quantitative estimate of drug-likeness (QED) is 0.718. The van der Waals surface area contributed by atoms with Crippen molar-refractivity contribution in [2.24, 2.45) is 5.41 Å². The maximum Gasteiger partial charge on any atom is 0.229 e.